The van der Waals surface area contributed by atoms with Gasteiger partial charge in [-0.2, -0.15) is 0 Å². The summed E-state index contributed by atoms with van der Waals surface area (Å²) in [5.41, 5.74) is 5.36. The number of amidine groups is 1. The standard InChI is InChI=1S/C6H10N2O2/c1-10-6(9)4-2-3-5(7)8-4/h4H,2-3H2,1H3,(H2,7,8)/t4-/m0/s1. The second-order valence-electron chi connectivity index (χ2n) is 2.20. The van der Waals surface area contributed by atoms with E-state index in [0.29, 0.717) is 18.7 Å². The predicted octanol–water partition coefficient (Wildman–Crippen LogP) is -0.321. The molecule has 0 spiro atoms. The fourth-order valence-electron chi connectivity index (χ4n) is 0.920. The van der Waals surface area contributed by atoms with E-state index >= 15 is 0 Å². The maximum atomic E-state index is 10.8. The molecule has 0 radical (unpaired) electrons. The second-order valence-corrected chi connectivity index (χ2v) is 2.20. The molecular formula is C6H10N2O2. The Morgan fingerprint density at radius 2 is 2.60 bits per heavy atom. The first kappa shape index (κ1) is 7.05. The maximum absolute atomic E-state index is 10.8. The Morgan fingerprint density at radius 1 is 1.90 bits per heavy atom. The molecule has 0 saturated heterocycles. The summed E-state index contributed by atoms with van der Waals surface area (Å²) in [4.78, 5) is 14.7. The maximum Gasteiger partial charge on any atom is 0.330 e. The van der Waals surface area contributed by atoms with Gasteiger partial charge in [0.25, 0.3) is 0 Å². The number of ether oxygens (including phenoxy) is 1. The molecule has 1 atom stereocenters. The van der Waals surface area contributed by atoms with E-state index in [0.717, 1.165) is 0 Å². The van der Waals surface area contributed by atoms with E-state index in [1.807, 2.05) is 0 Å². The number of rotatable bonds is 1. The molecule has 0 aromatic carbocycles. The van der Waals surface area contributed by atoms with Crippen LogP contribution in [0.3, 0.4) is 0 Å². The predicted molar refractivity (Wildman–Crippen MR) is 36.7 cm³/mol. The summed E-state index contributed by atoms with van der Waals surface area (Å²) >= 11 is 0. The highest BCUT2D eigenvalue weighted by Gasteiger charge is 2.23. The molecule has 10 heavy (non-hydrogen) atoms. The van der Waals surface area contributed by atoms with Crippen molar-refractivity contribution in [3.63, 3.8) is 0 Å². The first-order valence-electron chi connectivity index (χ1n) is 3.14. The van der Waals surface area contributed by atoms with Crippen LogP contribution in [0.2, 0.25) is 0 Å². The second kappa shape index (κ2) is 2.68. The Balaban J connectivity index is 2.52. The van der Waals surface area contributed by atoms with Crippen LogP contribution in [-0.2, 0) is 9.53 Å². The van der Waals surface area contributed by atoms with Gasteiger partial charge in [0, 0.05) is 6.42 Å². The minimum atomic E-state index is -0.343. The zero-order chi connectivity index (χ0) is 7.56. The highest BCUT2D eigenvalue weighted by molar-refractivity contribution is 5.88. The van der Waals surface area contributed by atoms with Crippen LogP contribution >= 0.6 is 0 Å². The fourth-order valence-corrected chi connectivity index (χ4v) is 0.920. The molecule has 0 bridgehead atoms. The van der Waals surface area contributed by atoms with Crippen LogP contribution < -0.4 is 5.73 Å². The number of carbonyl (C=O) groups is 1. The van der Waals surface area contributed by atoms with Crippen LogP contribution in [0, 0.1) is 0 Å². The van der Waals surface area contributed by atoms with Crippen LogP contribution in [-0.4, -0.2) is 25.0 Å². The molecule has 1 heterocycles. The van der Waals surface area contributed by atoms with E-state index in [1.54, 1.807) is 0 Å². The van der Waals surface area contributed by atoms with Gasteiger partial charge in [0.1, 0.15) is 6.04 Å². The number of methoxy groups -OCH3 is 1. The number of carbonyl (C=O) groups excluding carboxylic acids is 1. The van der Waals surface area contributed by atoms with Crippen molar-refractivity contribution in [1.82, 2.24) is 0 Å². The lowest BCUT2D eigenvalue weighted by Crippen LogP contribution is -2.17. The molecule has 1 rings (SSSR count). The summed E-state index contributed by atoms with van der Waals surface area (Å²) < 4.78 is 4.48. The highest BCUT2D eigenvalue weighted by atomic mass is 16.5. The molecule has 0 aromatic rings. The summed E-state index contributed by atoms with van der Waals surface area (Å²) in [5, 5.41) is 0. The normalized spacial score (nSPS) is 24.1. The fraction of sp³-hybridized carbons (Fsp3) is 0.667. The summed E-state index contributed by atoms with van der Waals surface area (Å²) in [6.45, 7) is 0. The van der Waals surface area contributed by atoms with Gasteiger partial charge < -0.3 is 10.5 Å². The van der Waals surface area contributed by atoms with Crippen molar-refractivity contribution in [2.45, 2.75) is 18.9 Å². The van der Waals surface area contributed by atoms with Crippen molar-refractivity contribution in [3.05, 3.63) is 0 Å². The van der Waals surface area contributed by atoms with Crippen LogP contribution in [0.25, 0.3) is 0 Å². The number of aliphatic imine (C=N–C) groups is 1. The smallest absolute Gasteiger partial charge is 0.330 e. The molecule has 0 aromatic heterocycles. The average Bonchev–Trinajstić information content (AvgIpc) is 2.34. The summed E-state index contributed by atoms with van der Waals surface area (Å²) in [6, 6.07) is -0.343. The summed E-state index contributed by atoms with van der Waals surface area (Å²) in [7, 11) is 1.35. The molecular weight excluding hydrogens is 132 g/mol. The first-order valence-corrected chi connectivity index (χ1v) is 3.14. The molecule has 1 aliphatic rings. The monoisotopic (exact) mass is 142 g/mol. The van der Waals surface area contributed by atoms with Crippen molar-refractivity contribution in [3.8, 4) is 0 Å². The molecule has 0 fully saturated rings. The van der Waals surface area contributed by atoms with E-state index in [4.69, 9.17) is 5.73 Å². The minimum absolute atomic E-state index is 0.291. The molecule has 0 amide bonds. The lowest BCUT2D eigenvalue weighted by molar-refractivity contribution is -0.141. The number of hydrogen-bond acceptors (Lipinski definition) is 4. The molecule has 4 heteroatoms. The van der Waals surface area contributed by atoms with Gasteiger partial charge in [0.05, 0.1) is 12.9 Å². The lowest BCUT2D eigenvalue weighted by atomic mass is 10.2. The van der Waals surface area contributed by atoms with Crippen molar-refractivity contribution in [2.75, 3.05) is 7.11 Å². The van der Waals surface area contributed by atoms with Crippen LogP contribution in [0.15, 0.2) is 4.99 Å². The molecule has 56 valence electrons. The van der Waals surface area contributed by atoms with Crippen molar-refractivity contribution in [2.24, 2.45) is 10.7 Å². The molecule has 4 nitrogen and oxygen atoms in total. The quantitative estimate of drug-likeness (QED) is 0.510. The van der Waals surface area contributed by atoms with Gasteiger partial charge in [-0.25, -0.2) is 4.79 Å². The van der Waals surface area contributed by atoms with E-state index in [1.165, 1.54) is 7.11 Å². The number of nitrogens with two attached hydrogens (primary N) is 1. The van der Waals surface area contributed by atoms with Gasteiger partial charge in [-0.05, 0) is 6.42 Å². The SMILES string of the molecule is COC(=O)[C@@H]1CCC(N)=N1. The third kappa shape index (κ3) is 1.26. The van der Waals surface area contributed by atoms with Crippen LogP contribution in [0.4, 0.5) is 0 Å². The third-order valence-corrected chi connectivity index (χ3v) is 1.47. The van der Waals surface area contributed by atoms with E-state index < -0.39 is 0 Å². The largest absolute Gasteiger partial charge is 0.467 e. The molecule has 0 unspecified atom stereocenters. The van der Waals surface area contributed by atoms with Gasteiger partial charge in [0.2, 0.25) is 0 Å². The highest BCUT2D eigenvalue weighted by Crippen LogP contribution is 2.11. The van der Waals surface area contributed by atoms with Gasteiger partial charge in [-0.15, -0.1) is 0 Å². The van der Waals surface area contributed by atoms with Crippen molar-refractivity contribution >= 4 is 11.8 Å². The zero-order valence-corrected chi connectivity index (χ0v) is 5.83. The van der Waals surface area contributed by atoms with E-state index in [9.17, 15) is 4.79 Å². The molecule has 0 aliphatic carbocycles. The summed E-state index contributed by atoms with van der Waals surface area (Å²) in [5.74, 6) is 0.260. The Morgan fingerprint density at radius 3 is 3.00 bits per heavy atom. The van der Waals surface area contributed by atoms with Gasteiger partial charge >= 0.3 is 5.97 Å². The molecule has 2 N–H and O–H groups in total. The number of esters is 1. The Kier molecular flexibility index (Phi) is 1.89. The third-order valence-electron chi connectivity index (χ3n) is 1.47. The van der Waals surface area contributed by atoms with Gasteiger partial charge in [-0.3, -0.25) is 4.99 Å². The lowest BCUT2D eigenvalue weighted by Gasteiger charge is -2.00. The summed E-state index contributed by atoms with van der Waals surface area (Å²) in [6.07, 6.45) is 1.40. The van der Waals surface area contributed by atoms with Crippen LogP contribution in [0.5, 0.6) is 0 Å². The van der Waals surface area contributed by atoms with Gasteiger partial charge in [-0.1, -0.05) is 0 Å². The number of nitrogens with zero attached hydrogens (tertiary/aromatic N) is 1. The Bertz CT molecular complexity index is 177. The van der Waals surface area contributed by atoms with E-state index in [2.05, 4.69) is 9.73 Å². The Labute approximate surface area is 59.1 Å². The topological polar surface area (TPSA) is 64.7 Å². The minimum Gasteiger partial charge on any atom is -0.467 e. The molecule has 1 aliphatic heterocycles. The van der Waals surface area contributed by atoms with Crippen LogP contribution in [0.1, 0.15) is 12.8 Å². The van der Waals surface area contributed by atoms with E-state index in [-0.39, 0.29) is 12.0 Å². The van der Waals surface area contributed by atoms with Crippen molar-refractivity contribution < 1.29 is 9.53 Å². The first-order chi connectivity index (χ1) is 4.74. The average molecular weight is 142 g/mol. The zero-order valence-electron chi connectivity index (χ0n) is 5.83. The molecule has 0 saturated carbocycles. The van der Waals surface area contributed by atoms with Crippen molar-refractivity contribution in [1.29, 1.82) is 0 Å². The Hall–Kier alpha value is -1.06. The number of hydrogen-bond donors (Lipinski definition) is 1. The van der Waals surface area contributed by atoms with Gasteiger partial charge in [0.15, 0.2) is 0 Å².